The van der Waals surface area contributed by atoms with Crippen molar-refractivity contribution in [1.29, 1.82) is 0 Å². The van der Waals surface area contributed by atoms with E-state index in [0.29, 0.717) is 28.4 Å². The number of nitrogens with zero attached hydrogens (tertiary/aromatic N) is 4. The van der Waals surface area contributed by atoms with Crippen molar-refractivity contribution in [1.82, 2.24) is 24.7 Å². The molecule has 3 heterocycles. The Hall–Kier alpha value is -3.74. The van der Waals surface area contributed by atoms with Crippen LogP contribution < -0.4 is 5.56 Å². The molecule has 27 heavy (non-hydrogen) atoms. The molecule has 0 radical (unpaired) electrons. The number of H-pyrrole nitrogens is 1. The predicted molar refractivity (Wildman–Crippen MR) is 101 cm³/mol. The van der Waals surface area contributed by atoms with Crippen molar-refractivity contribution < 1.29 is 4.52 Å². The van der Waals surface area contributed by atoms with Gasteiger partial charge < -0.3 is 9.51 Å². The van der Waals surface area contributed by atoms with Crippen molar-refractivity contribution in [3.05, 3.63) is 76.6 Å². The lowest BCUT2D eigenvalue weighted by atomic mass is 10.2. The minimum absolute atomic E-state index is 0.116. The second-order valence-corrected chi connectivity index (χ2v) is 6.35. The van der Waals surface area contributed by atoms with Crippen LogP contribution in [0.25, 0.3) is 33.4 Å². The van der Waals surface area contributed by atoms with E-state index in [0.717, 1.165) is 16.6 Å². The van der Waals surface area contributed by atoms with Gasteiger partial charge in [-0.1, -0.05) is 35.5 Å². The monoisotopic (exact) mass is 357 g/mol. The van der Waals surface area contributed by atoms with Gasteiger partial charge in [0.2, 0.25) is 0 Å². The van der Waals surface area contributed by atoms with Crippen LogP contribution in [0, 0.1) is 6.92 Å². The lowest BCUT2D eigenvalue weighted by molar-refractivity contribution is 0.418. The van der Waals surface area contributed by atoms with Gasteiger partial charge in [-0.2, -0.15) is 4.98 Å². The Labute approximate surface area is 153 Å². The number of aromatic nitrogens is 5. The van der Waals surface area contributed by atoms with E-state index in [1.54, 1.807) is 17.6 Å². The van der Waals surface area contributed by atoms with Gasteiger partial charge in [-0.05, 0) is 31.2 Å². The van der Waals surface area contributed by atoms with Crippen LogP contribution in [0.3, 0.4) is 0 Å². The van der Waals surface area contributed by atoms with E-state index in [4.69, 9.17) is 4.52 Å². The maximum atomic E-state index is 12.8. The number of aromatic amines is 1. The van der Waals surface area contributed by atoms with Crippen LogP contribution in [-0.4, -0.2) is 24.7 Å². The number of hydrogen-bond acceptors (Lipinski definition) is 5. The molecule has 2 aromatic carbocycles. The summed E-state index contributed by atoms with van der Waals surface area (Å²) in [4.78, 5) is 25.0. The molecular weight excluding hydrogens is 342 g/mol. The van der Waals surface area contributed by atoms with Gasteiger partial charge in [0.25, 0.3) is 11.4 Å². The molecule has 0 aliphatic rings. The van der Waals surface area contributed by atoms with E-state index in [1.165, 1.54) is 0 Å². The summed E-state index contributed by atoms with van der Waals surface area (Å²) < 4.78 is 6.95. The number of hydrogen-bond donors (Lipinski definition) is 1. The maximum Gasteiger partial charge on any atom is 0.274 e. The molecular formula is C20H15N5O2. The van der Waals surface area contributed by atoms with Gasteiger partial charge in [0.15, 0.2) is 5.82 Å². The van der Waals surface area contributed by atoms with Crippen molar-refractivity contribution in [3.8, 4) is 11.6 Å². The number of aryl methyl sites for hydroxylation is 1. The molecule has 7 heteroatoms. The number of benzene rings is 2. The van der Waals surface area contributed by atoms with Crippen LogP contribution in [0.5, 0.6) is 0 Å². The van der Waals surface area contributed by atoms with Gasteiger partial charge in [0, 0.05) is 10.9 Å². The fourth-order valence-electron chi connectivity index (χ4n) is 3.22. The third-order valence-corrected chi connectivity index (χ3v) is 4.58. The molecule has 7 nitrogen and oxygen atoms in total. The fourth-order valence-corrected chi connectivity index (χ4v) is 3.22. The molecule has 0 unspecified atom stereocenters. The van der Waals surface area contributed by atoms with Gasteiger partial charge >= 0.3 is 0 Å². The Balaban J connectivity index is 1.52. The lowest BCUT2D eigenvalue weighted by Gasteiger charge is -2.08. The van der Waals surface area contributed by atoms with Crippen LogP contribution >= 0.6 is 0 Å². The topological polar surface area (TPSA) is 89.6 Å². The molecule has 0 fully saturated rings. The first-order valence-corrected chi connectivity index (χ1v) is 8.56. The third kappa shape index (κ3) is 2.60. The average molecular weight is 357 g/mol. The smallest absolute Gasteiger partial charge is 0.274 e. The summed E-state index contributed by atoms with van der Waals surface area (Å²) in [6, 6.07) is 17.2. The molecule has 0 aliphatic carbocycles. The van der Waals surface area contributed by atoms with Crippen LogP contribution in [-0.2, 0) is 6.54 Å². The lowest BCUT2D eigenvalue weighted by Crippen LogP contribution is -2.24. The molecule has 0 saturated heterocycles. The summed E-state index contributed by atoms with van der Waals surface area (Å²) in [7, 11) is 0. The highest BCUT2D eigenvalue weighted by atomic mass is 16.5. The fraction of sp³-hybridized carbons (Fsp3) is 0.100. The van der Waals surface area contributed by atoms with Gasteiger partial charge in [-0.15, -0.1) is 0 Å². The molecule has 132 valence electrons. The summed E-state index contributed by atoms with van der Waals surface area (Å²) in [5.41, 5.74) is 2.31. The number of nitrogens with one attached hydrogen (secondary N) is 1. The second-order valence-electron chi connectivity index (χ2n) is 6.35. The zero-order valence-electron chi connectivity index (χ0n) is 14.5. The highest BCUT2D eigenvalue weighted by Crippen LogP contribution is 2.22. The van der Waals surface area contributed by atoms with Crippen LogP contribution in [0.1, 0.15) is 11.6 Å². The standard InChI is InChI=1S/C20H15N5O2/c1-12-21-16-9-5-3-7-14(16)20(26)25(12)11-18-23-19(27-24-18)17-10-13-6-2-4-8-15(13)22-17/h2-10,22H,11H2,1H3. The molecule has 0 spiro atoms. The van der Waals surface area contributed by atoms with Crippen LogP contribution in [0.15, 0.2) is 63.9 Å². The van der Waals surface area contributed by atoms with Crippen molar-refractivity contribution >= 4 is 21.8 Å². The van der Waals surface area contributed by atoms with Crippen molar-refractivity contribution in [3.63, 3.8) is 0 Å². The van der Waals surface area contributed by atoms with E-state index >= 15 is 0 Å². The maximum absolute atomic E-state index is 12.8. The first-order valence-electron chi connectivity index (χ1n) is 8.56. The van der Waals surface area contributed by atoms with Crippen molar-refractivity contribution in [2.24, 2.45) is 0 Å². The van der Waals surface area contributed by atoms with Crippen LogP contribution in [0.4, 0.5) is 0 Å². The number of rotatable bonds is 3. The molecule has 1 N–H and O–H groups in total. The Bertz CT molecular complexity index is 1310. The Morgan fingerprint density at radius 3 is 2.78 bits per heavy atom. The summed E-state index contributed by atoms with van der Waals surface area (Å²) >= 11 is 0. The quantitative estimate of drug-likeness (QED) is 0.535. The molecule has 0 amide bonds. The molecule has 5 rings (SSSR count). The third-order valence-electron chi connectivity index (χ3n) is 4.58. The van der Waals surface area contributed by atoms with Crippen molar-refractivity contribution in [2.75, 3.05) is 0 Å². The first kappa shape index (κ1) is 15.5. The number of fused-ring (bicyclic) bond motifs is 2. The summed E-state index contributed by atoms with van der Waals surface area (Å²) in [5.74, 6) is 1.42. The van der Waals surface area contributed by atoms with Crippen molar-refractivity contribution in [2.45, 2.75) is 13.5 Å². The van der Waals surface area contributed by atoms with E-state index in [1.807, 2.05) is 48.5 Å². The molecule has 0 aliphatic heterocycles. The molecule has 0 bridgehead atoms. The summed E-state index contributed by atoms with van der Waals surface area (Å²) in [6.07, 6.45) is 0. The largest absolute Gasteiger partial charge is 0.351 e. The summed E-state index contributed by atoms with van der Waals surface area (Å²) in [6.45, 7) is 2.00. The molecule has 3 aromatic heterocycles. The Kier molecular flexibility index (Phi) is 3.39. The minimum atomic E-state index is -0.116. The van der Waals surface area contributed by atoms with E-state index in [9.17, 15) is 4.79 Å². The second kappa shape index (κ2) is 5.91. The van der Waals surface area contributed by atoms with E-state index < -0.39 is 0 Å². The normalized spacial score (nSPS) is 11.4. The molecule has 5 aromatic rings. The SMILES string of the molecule is Cc1nc2ccccc2c(=O)n1Cc1noc(-c2cc3ccccc3[nH]2)n1. The van der Waals surface area contributed by atoms with E-state index in [-0.39, 0.29) is 12.1 Å². The van der Waals surface area contributed by atoms with E-state index in [2.05, 4.69) is 20.1 Å². The van der Waals surface area contributed by atoms with Gasteiger partial charge in [0.1, 0.15) is 11.5 Å². The van der Waals surface area contributed by atoms with Crippen LogP contribution in [0.2, 0.25) is 0 Å². The van der Waals surface area contributed by atoms with Gasteiger partial charge in [-0.25, -0.2) is 4.98 Å². The Morgan fingerprint density at radius 1 is 1.07 bits per heavy atom. The Morgan fingerprint density at radius 2 is 1.89 bits per heavy atom. The van der Waals surface area contributed by atoms with Gasteiger partial charge in [-0.3, -0.25) is 9.36 Å². The number of para-hydroxylation sites is 2. The molecule has 0 saturated carbocycles. The molecule has 0 atom stereocenters. The minimum Gasteiger partial charge on any atom is -0.351 e. The first-order chi connectivity index (χ1) is 13.2. The predicted octanol–water partition coefficient (Wildman–Crippen LogP) is 3.28. The zero-order valence-corrected chi connectivity index (χ0v) is 14.5. The highest BCUT2D eigenvalue weighted by molar-refractivity contribution is 5.84. The highest BCUT2D eigenvalue weighted by Gasteiger charge is 2.14. The average Bonchev–Trinajstić information content (AvgIpc) is 3.31. The zero-order chi connectivity index (χ0) is 18.4. The van der Waals surface area contributed by atoms with Gasteiger partial charge in [0.05, 0.1) is 17.4 Å². The summed E-state index contributed by atoms with van der Waals surface area (Å²) in [5, 5.41) is 5.67.